The van der Waals surface area contributed by atoms with Gasteiger partial charge in [0.25, 0.3) is 0 Å². The van der Waals surface area contributed by atoms with Crippen LogP contribution >= 0.6 is 23.2 Å². The maximum atomic E-state index is 12.9. The zero-order valence-corrected chi connectivity index (χ0v) is 11.8. The summed E-state index contributed by atoms with van der Waals surface area (Å²) in [6, 6.07) is 7.77. The molecule has 0 saturated heterocycles. The van der Waals surface area contributed by atoms with Crippen LogP contribution < -0.4 is 0 Å². The molecular weight excluding hydrogens is 305 g/mol. The van der Waals surface area contributed by atoms with Gasteiger partial charge in [0, 0.05) is 22.9 Å². The van der Waals surface area contributed by atoms with Crippen molar-refractivity contribution in [2.45, 2.75) is 12.8 Å². The summed E-state index contributed by atoms with van der Waals surface area (Å²) in [7, 11) is 0. The number of carbonyl (C=O) groups is 1. The average Bonchev–Trinajstić information content (AvgIpc) is 2.36. The summed E-state index contributed by atoms with van der Waals surface area (Å²) < 4.78 is 25.8. The molecule has 0 fully saturated rings. The van der Waals surface area contributed by atoms with E-state index in [-0.39, 0.29) is 28.7 Å². The molecule has 5 heteroatoms. The summed E-state index contributed by atoms with van der Waals surface area (Å²) in [5.74, 6) is -1.03. The van der Waals surface area contributed by atoms with E-state index in [4.69, 9.17) is 23.2 Å². The molecule has 0 atom stereocenters. The smallest absolute Gasteiger partial charge is 0.141 e. The van der Waals surface area contributed by atoms with E-state index in [2.05, 4.69) is 0 Å². The Morgan fingerprint density at radius 3 is 1.60 bits per heavy atom. The van der Waals surface area contributed by atoms with Crippen molar-refractivity contribution in [3.05, 3.63) is 69.2 Å². The Morgan fingerprint density at radius 2 is 1.25 bits per heavy atom. The lowest BCUT2D eigenvalue weighted by Gasteiger charge is -2.06. The molecule has 2 rings (SSSR count). The van der Waals surface area contributed by atoms with Crippen LogP contribution in [-0.4, -0.2) is 5.78 Å². The molecule has 104 valence electrons. The molecule has 0 aliphatic rings. The van der Waals surface area contributed by atoms with Crippen molar-refractivity contribution >= 4 is 29.0 Å². The zero-order chi connectivity index (χ0) is 14.7. The lowest BCUT2D eigenvalue weighted by Crippen LogP contribution is -2.07. The van der Waals surface area contributed by atoms with Crippen LogP contribution in [0.3, 0.4) is 0 Å². The predicted molar refractivity (Wildman–Crippen MR) is 75.2 cm³/mol. The van der Waals surface area contributed by atoms with E-state index < -0.39 is 11.6 Å². The van der Waals surface area contributed by atoms with E-state index in [9.17, 15) is 13.6 Å². The minimum absolute atomic E-state index is 0.0762. The highest BCUT2D eigenvalue weighted by atomic mass is 35.5. The molecule has 0 amide bonds. The van der Waals surface area contributed by atoms with Gasteiger partial charge in [0.05, 0.1) is 0 Å². The first-order valence-electron chi connectivity index (χ1n) is 5.85. The molecule has 0 heterocycles. The topological polar surface area (TPSA) is 17.1 Å². The van der Waals surface area contributed by atoms with Crippen LogP contribution in [0.5, 0.6) is 0 Å². The van der Waals surface area contributed by atoms with Crippen LogP contribution in [-0.2, 0) is 17.6 Å². The van der Waals surface area contributed by atoms with E-state index in [1.165, 1.54) is 24.3 Å². The molecule has 0 aliphatic heterocycles. The second kappa shape index (κ2) is 6.33. The summed E-state index contributed by atoms with van der Waals surface area (Å²) >= 11 is 11.7. The summed E-state index contributed by atoms with van der Waals surface area (Å²) in [6.45, 7) is 0. The van der Waals surface area contributed by atoms with Crippen molar-refractivity contribution in [2.24, 2.45) is 0 Å². The van der Waals surface area contributed by atoms with Crippen molar-refractivity contribution in [1.29, 1.82) is 0 Å². The summed E-state index contributed by atoms with van der Waals surface area (Å²) in [6.07, 6.45) is 0.152. The molecule has 0 spiro atoms. The highest BCUT2D eigenvalue weighted by Gasteiger charge is 2.11. The number of carbonyl (C=O) groups excluding carboxylic acids is 1. The summed E-state index contributed by atoms with van der Waals surface area (Å²) in [5.41, 5.74) is 1.10. The van der Waals surface area contributed by atoms with Crippen LogP contribution in [0.1, 0.15) is 11.1 Å². The molecule has 2 aromatic rings. The second-order valence-corrected chi connectivity index (χ2v) is 5.18. The quantitative estimate of drug-likeness (QED) is 0.804. The lowest BCUT2D eigenvalue weighted by molar-refractivity contribution is -0.117. The average molecular weight is 315 g/mol. The van der Waals surface area contributed by atoms with Crippen molar-refractivity contribution in [1.82, 2.24) is 0 Å². The molecule has 0 aliphatic carbocycles. The van der Waals surface area contributed by atoms with E-state index in [1.54, 1.807) is 0 Å². The zero-order valence-electron chi connectivity index (χ0n) is 10.3. The maximum Gasteiger partial charge on any atom is 0.141 e. The number of benzene rings is 2. The van der Waals surface area contributed by atoms with E-state index in [0.29, 0.717) is 11.1 Å². The first kappa shape index (κ1) is 14.9. The monoisotopic (exact) mass is 314 g/mol. The van der Waals surface area contributed by atoms with Crippen LogP contribution in [0.4, 0.5) is 8.78 Å². The molecule has 1 nitrogen and oxygen atoms in total. The van der Waals surface area contributed by atoms with Crippen molar-refractivity contribution in [3.63, 3.8) is 0 Å². The molecule has 0 unspecified atom stereocenters. The van der Waals surface area contributed by atoms with E-state index in [0.717, 1.165) is 12.1 Å². The first-order chi connectivity index (χ1) is 9.45. The highest BCUT2D eigenvalue weighted by molar-refractivity contribution is 6.32. The number of hydrogen-bond donors (Lipinski definition) is 0. The van der Waals surface area contributed by atoms with Crippen LogP contribution in [0.25, 0.3) is 0 Å². The highest BCUT2D eigenvalue weighted by Crippen LogP contribution is 2.21. The minimum atomic E-state index is -0.451. The van der Waals surface area contributed by atoms with Gasteiger partial charge in [0.1, 0.15) is 17.4 Å². The molecular formula is C15H10Cl2F2O. The third-order valence-corrected chi connectivity index (χ3v) is 3.51. The van der Waals surface area contributed by atoms with Crippen molar-refractivity contribution in [3.8, 4) is 0 Å². The fourth-order valence-corrected chi connectivity index (χ4v) is 2.29. The fraction of sp³-hybridized carbons (Fsp3) is 0.133. The second-order valence-electron chi connectivity index (χ2n) is 4.36. The van der Waals surface area contributed by atoms with Crippen molar-refractivity contribution < 1.29 is 13.6 Å². The Labute approximate surface area is 125 Å². The fourth-order valence-electron chi connectivity index (χ4n) is 1.82. The number of halogens is 4. The lowest BCUT2D eigenvalue weighted by atomic mass is 10.0. The third-order valence-electron chi connectivity index (χ3n) is 2.81. The summed E-state index contributed by atoms with van der Waals surface area (Å²) in [5, 5.41) is 0.423. The van der Waals surface area contributed by atoms with Crippen LogP contribution in [0.2, 0.25) is 10.0 Å². The largest absolute Gasteiger partial charge is 0.299 e. The Hall–Kier alpha value is -1.45. The minimum Gasteiger partial charge on any atom is -0.299 e. The van der Waals surface area contributed by atoms with Gasteiger partial charge >= 0.3 is 0 Å². The molecule has 0 radical (unpaired) electrons. The van der Waals surface area contributed by atoms with Crippen LogP contribution in [0, 0.1) is 11.6 Å². The molecule has 0 bridgehead atoms. The SMILES string of the molecule is O=C(Cc1ccc(F)cc1Cl)Cc1ccc(F)cc1Cl. The van der Waals surface area contributed by atoms with Gasteiger partial charge in [-0.15, -0.1) is 0 Å². The summed E-state index contributed by atoms with van der Waals surface area (Å²) in [4.78, 5) is 12.0. The van der Waals surface area contributed by atoms with Crippen LogP contribution in [0.15, 0.2) is 36.4 Å². The van der Waals surface area contributed by atoms with Gasteiger partial charge in [-0.2, -0.15) is 0 Å². The van der Waals surface area contributed by atoms with E-state index >= 15 is 0 Å². The van der Waals surface area contributed by atoms with Gasteiger partial charge in [0.15, 0.2) is 0 Å². The standard InChI is InChI=1S/C15H10Cl2F2O/c16-14-7-11(18)3-1-9(14)5-13(20)6-10-2-4-12(19)8-15(10)17/h1-4,7-8H,5-6H2. The predicted octanol–water partition coefficient (Wildman–Crippen LogP) is 4.63. The molecule has 0 saturated carbocycles. The van der Waals surface area contributed by atoms with Gasteiger partial charge in [0.2, 0.25) is 0 Å². The van der Waals surface area contributed by atoms with Crippen molar-refractivity contribution in [2.75, 3.05) is 0 Å². The first-order valence-corrected chi connectivity index (χ1v) is 6.61. The number of hydrogen-bond acceptors (Lipinski definition) is 1. The molecule has 0 N–H and O–H groups in total. The normalized spacial score (nSPS) is 10.6. The number of Topliss-reactive ketones (excluding diaryl/α,β-unsaturated/α-hetero) is 1. The Morgan fingerprint density at radius 1 is 0.850 bits per heavy atom. The van der Waals surface area contributed by atoms with E-state index in [1.807, 2.05) is 0 Å². The molecule has 2 aromatic carbocycles. The Balaban J connectivity index is 2.09. The van der Waals surface area contributed by atoms with Gasteiger partial charge in [-0.1, -0.05) is 35.3 Å². The van der Waals surface area contributed by atoms with Gasteiger partial charge in [-0.05, 0) is 35.4 Å². The number of ketones is 1. The maximum absolute atomic E-state index is 12.9. The Kier molecular flexibility index (Phi) is 4.73. The van der Waals surface area contributed by atoms with Gasteiger partial charge in [-0.3, -0.25) is 4.79 Å². The third kappa shape index (κ3) is 3.78. The van der Waals surface area contributed by atoms with Gasteiger partial charge < -0.3 is 0 Å². The number of rotatable bonds is 4. The van der Waals surface area contributed by atoms with Gasteiger partial charge in [-0.25, -0.2) is 8.78 Å². The molecule has 20 heavy (non-hydrogen) atoms. The molecule has 0 aromatic heterocycles. The Bertz CT molecular complexity index is 601.